The van der Waals surface area contributed by atoms with Gasteiger partial charge >= 0.3 is 6.09 Å². The summed E-state index contributed by atoms with van der Waals surface area (Å²) in [6.45, 7) is 10.4. The number of allylic oxidation sites excluding steroid dienone is 1. The molecule has 0 aliphatic rings. The minimum atomic E-state index is -0.475. The zero-order valence-electron chi connectivity index (χ0n) is 12.9. The number of nitrogens with one attached hydrogen (secondary N) is 1. The van der Waals surface area contributed by atoms with E-state index >= 15 is 0 Å². The molecular weight excluding hydrogens is 244 g/mol. The molecule has 0 atom stereocenters. The lowest BCUT2D eigenvalue weighted by Crippen LogP contribution is -2.36. The summed E-state index contributed by atoms with van der Waals surface area (Å²) in [5.41, 5.74) is 0.337. The van der Waals surface area contributed by atoms with Crippen molar-refractivity contribution in [1.29, 1.82) is 0 Å². The summed E-state index contributed by atoms with van der Waals surface area (Å²) in [4.78, 5) is 13.3. The Morgan fingerprint density at radius 2 is 1.95 bits per heavy atom. The molecule has 19 heavy (non-hydrogen) atoms. The third-order valence-electron chi connectivity index (χ3n) is 2.08. The molecule has 6 heteroatoms. The van der Waals surface area contributed by atoms with Gasteiger partial charge in [0.05, 0.1) is 12.8 Å². The fourth-order valence-corrected chi connectivity index (χ4v) is 0.972. The molecule has 0 radical (unpaired) electrons. The van der Waals surface area contributed by atoms with Crippen LogP contribution in [0, 0.1) is 0 Å². The van der Waals surface area contributed by atoms with E-state index in [1.54, 1.807) is 11.2 Å². The van der Waals surface area contributed by atoms with Crippen LogP contribution < -0.4 is 5.32 Å². The smallest absolute Gasteiger partial charge is 0.407 e. The average Bonchev–Trinajstić information content (AvgIpc) is 2.23. The summed E-state index contributed by atoms with van der Waals surface area (Å²) in [5, 5.41) is 8.59. The quantitative estimate of drug-likeness (QED) is 0.587. The first-order valence-corrected chi connectivity index (χ1v) is 6.20. The number of hydrogen-bond acceptors (Lipinski definition) is 5. The standard InChI is InChI=1S/C13H26N4O2/c1-11(16(5)6)10-15-17(7)9-8-14-12(18)19-13(2,3)4/h10H,1,8-9H2,2-7H3,(H,14,18)/b15-10-. The first-order valence-electron chi connectivity index (χ1n) is 6.20. The zero-order chi connectivity index (χ0) is 15.1. The van der Waals surface area contributed by atoms with Crippen LogP contribution in [0.3, 0.4) is 0 Å². The Bertz CT molecular complexity index is 332. The molecule has 0 bridgehead atoms. The maximum atomic E-state index is 11.4. The topological polar surface area (TPSA) is 57.2 Å². The highest BCUT2D eigenvalue weighted by atomic mass is 16.6. The van der Waals surface area contributed by atoms with Crippen LogP contribution >= 0.6 is 0 Å². The monoisotopic (exact) mass is 270 g/mol. The Hall–Kier alpha value is -1.72. The van der Waals surface area contributed by atoms with Crippen LogP contribution in [-0.2, 0) is 4.74 Å². The van der Waals surface area contributed by atoms with Gasteiger partial charge in [-0.25, -0.2) is 4.79 Å². The zero-order valence-corrected chi connectivity index (χ0v) is 12.9. The van der Waals surface area contributed by atoms with Crippen molar-refractivity contribution in [3.63, 3.8) is 0 Å². The third kappa shape index (κ3) is 9.93. The molecule has 1 amide bonds. The molecule has 0 fully saturated rings. The number of carbonyl (C=O) groups is 1. The van der Waals surface area contributed by atoms with Gasteiger partial charge in [-0.15, -0.1) is 0 Å². The normalized spacial score (nSPS) is 11.3. The van der Waals surface area contributed by atoms with Crippen molar-refractivity contribution in [2.45, 2.75) is 26.4 Å². The Labute approximate surface area is 116 Å². The molecule has 0 aliphatic carbocycles. The fraction of sp³-hybridized carbons (Fsp3) is 0.692. The van der Waals surface area contributed by atoms with Gasteiger partial charge in [0.2, 0.25) is 0 Å². The number of rotatable bonds is 6. The van der Waals surface area contributed by atoms with Gasteiger partial charge in [0.25, 0.3) is 0 Å². The van der Waals surface area contributed by atoms with E-state index in [0.29, 0.717) is 13.1 Å². The van der Waals surface area contributed by atoms with Crippen LogP contribution in [0.15, 0.2) is 17.4 Å². The van der Waals surface area contributed by atoms with E-state index in [1.807, 2.05) is 46.8 Å². The van der Waals surface area contributed by atoms with Crippen molar-refractivity contribution in [2.24, 2.45) is 5.10 Å². The number of nitrogens with zero attached hydrogens (tertiary/aromatic N) is 3. The summed E-state index contributed by atoms with van der Waals surface area (Å²) in [7, 11) is 5.63. The number of amides is 1. The van der Waals surface area contributed by atoms with E-state index in [4.69, 9.17) is 4.74 Å². The van der Waals surface area contributed by atoms with Crippen molar-refractivity contribution in [3.8, 4) is 0 Å². The van der Waals surface area contributed by atoms with Crippen molar-refractivity contribution in [2.75, 3.05) is 34.2 Å². The average molecular weight is 270 g/mol. The molecule has 0 heterocycles. The SMILES string of the molecule is C=C(/C=N\N(C)CCNC(=O)OC(C)(C)C)N(C)C. The molecule has 0 saturated carbocycles. The largest absolute Gasteiger partial charge is 0.444 e. The van der Waals surface area contributed by atoms with Gasteiger partial charge in [0.1, 0.15) is 5.60 Å². The van der Waals surface area contributed by atoms with Gasteiger partial charge in [-0.2, -0.15) is 5.10 Å². The second-order valence-corrected chi connectivity index (χ2v) is 5.44. The molecule has 0 aromatic heterocycles. The maximum Gasteiger partial charge on any atom is 0.407 e. The van der Waals surface area contributed by atoms with Crippen molar-refractivity contribution in [1.82, 2.24) is 15.2 Å². The van der Waals surface area contributed by atoms with Gasteiger partial charge in [0.15, 0.2) is 0 Å². The van der Waals surface area contributed by atoms with E-state index in [2.05, 4.69) is 17.0 Å². The molecular formula is C13H26N4O2. The lowest BCUT2D eigenvalue weighted by molar-refractivity contribution is 0.0524. The third-order valence-corrected chi connectivity index (χ3v) is 2.08. The van der Waals surface area contributed by atoms with Gasteiger partial charge < -0.3 is 15.0 Å². The van der Waals surface area contributed by atoms with Crippen LogP contribution in [0.4, 0.5) is 4.79 Å². The van der Waals surface area contributed by atoms with Gasteiger partial charge in [-0.3, -0.25) is 5.01 Å². The van der Waals surface area contributed by atoms with E-state index < -0.39 is 11.7 Å². The number of hydrazone groups is 1. The summed E-state index contributed by atoms with van der Waals surface area (Å²) in [6.07, 6.45) is 1.26. The Kier molecular flexibility index (Phi) is 6.96. The van der Waals surface area contributed by atoms with Crippen LogP contribution in [0.25, 0.3) is 0 Å². The predicted octanol–water partition coefficient (Wildman–Crippen LogP) is 1.50. The van der Waals surface area contributed by atoms with E-state index in [0.717, 1.165) is 5.70 Å². The first kappa shape index (κ1) is 17.3. The lowest BCUT2D eigenvalue weighted by atomic mass is 10.2. The molecule has 110 valence electrons. The Morgan fingerprint density at radius 3 is 2.42 bits per heavy atom. The number of ether oxygens (including phenoxy) is 1. The molecule has 0 unspecified atom stereocenters. The van der Waals surface area contributed by atoms with E-state index in [1.165, 1.54) is 0 Å². The highest BCUT2D eigenvalue weighted by Crippen LogP contribution is 2.06. The molecule has 0 spiro atoms. The molecule has 1 N–H and O–H groups in total. The van der Waals surface area contributed by atoms with Gasteiger partial charge in [-0.1, -0.05) is 6.58 Å². The minimum absolute atomic E-state index is 0.414. The molecule has 0 aromatic carbocycles. The molecule has 0 aromatic rings. The Balaban J connectivity index is 3.89. The molecule has 0 rings (SSSR count). The first-order chi connectivity index (χ1) is 8.61. The van der Waals surface area contributed by atoms with Crippen LogP contribution in [-0.4, -0.2) is 62.1 Å². The minimum Gasteiger partial charge on any atom is -0.444 e. The number of carbonyl (C=O) groups excluding carboxylic acids is 1. The lowest BCUT2D eigenvalue weighted by Gasteiger charge is -2.20. The number of alkyl carbamates (subject to hydrolysis) is 1. The van der Waals surface area contributed by atoms with Crippen LogP contribution in [0.1, 0.15) is 20.8 Å². The van der Waals surface area contributed by atoms with Crippen molar-refractivity contribution in [3.05, 3.63) is 12.3 Å². The van der Waals surface area contributed by atoms with Gasteiger partial charge in [0, 0.05) is 33.4 Å². The molecule has 6 nitrogen and oxygen atoms in total. The van der Waals surface area contributed by atoms with E-state index in [-0.39, 0.29) is 0 Å². The second-order valence-electron chi connectivity index (χ2n) is 5.44. The predicted molar refractivity (Wildman–Crippen MR) is 78.2 cm³/mol. The maximum absolute atomic E-state index is 11.4. The fourth-order valence-electron chi connectivity index (χ4n) is 0.972. The van der Waals surface area contributed by atoms with E-state index in [9.17, 15) is 4.79 Å². The summed E-state index contributed by atoms with van der Waals surface area (Å²) >= 11 is 0. The number of likely N-dealkylation sites (N-methyl/N-ethyl adjacent to an activating group) is 1. The number of hydrogen-bond donors (Lipinski definition) is 1. The van der Waals surface area contributed by atoms with Gasteiger partial charge in [-0.05, 0) is 20.8 Å². The molecule has 0 aliphatic heterocycles. The summed E-state index contributed by atoms with van der Waals surface area (Å²) in [6, 6.07) is 0. The highest BCUT2D eigenvalue weighted by molar-refractivity contribution is 5.76. The molecule has 0 saturated heterocycles. The van der Waals surface area contributed by atoms with Crippen LogP contribution in [0.5, 0.6) is 0 Å². The Morgan fingerprint density at radius 1 is 1.37 bits per heavy atom. The highest BCUT2D eigenvalue weighted by Gasteiger charge is 2.15. The van der Waals surface area contributed by atoms with Crippen LogP contribution in [0.2, 0.25) is 0 Å². The summed E-state index contributed by atoms with van der Waals surface area (Å²) in [5.74, 6) is 0. The second kappa shape index (κ2) is 7.66. The van der Waals surface area contributed by atoms with Crippen molar-refractivity contribution >= 4 is 12.3 Å². The van der Waals surface area contributed by atoms with Crippen molar-refractivity contribution < 1.29 is 9.53 Å². The summed E-state index contributed by atoms with van der Waals surface area (Å²) < 4.78 is 5.12.